The highest BCUT2D eigenvalue weighted by atomic mass is 35.5. The van der Waals surface area contributed by atoms with Gasteiger partial charge in [-0.2, -0.15) is 13.2 Å². The summed E-state index contributed by atoms with van der Waals surface area (Å²) >= 11 is 7.49. The smallest absolute Gasteiger partial charge is 0.416 e. The fourth-order valence-electron chi connectivity index (χ4n) is 3.61. The maximum Gasteiger partial charge on any atom is 0.416 e. The number of hydrogen-bond donors (Lipinski definition) is 2. The number of aliphatic carboxylic acids is 1. The summed E-state index contributed by atoms with van der Waals surface area (Å²) in [5, 5.41) is 12.0. The molecule has 1 aliphatic carbocycles. The van der Waals surface area contributed by atoms with E-state index >= 15 is 0 Å². The van der Waals surface area contributed by atoms with E-state index in [2.05, 4.69) is 5.32 Å². The van der Waals surface area contributed by atoms with Crippen molar-refractivity contribution in [2.75, 3.05) is 0 Å². The molecule has 0 fully saturated rings. The Morgan fingerprint density at radius 1 is 1.24 bits per heavy atom. The quantitative estimate of drug-likeness (QED) is 0.453. The lowest BCUT2D eigenvalue weighted by Gasteiger charge is -2.32. The Labute approximate surface area is 205 Å². The molecule has 34 heavy (non-hydrogen) atoms. The Kier molecular flexibility index (Phi) is 7.77. The SMILES string of the molecule is CCC(C)(C)[C@H](NC(=O)C1=C(OCc2ccc(C(F)(F)F)cc2)C2SC(Cl)=CC2C=C1)C(=O)O. The van der Waals surface area contributed by atoms with E-state index in [1.165, 1.54) is 23.9 Å². The van der Waals surface area contributed by atoms with Gasteiger partial charge in [-0.1, -0.05) is 56.7 Å². The number of carboxylic acid groups (broad SMARTS) is 1. The van der Waals surface area contributed by atoms with Crippen LogP contribution in [0.1, 0.15) is 38.3 Å². The summed E-state index contributed by atoms with van der Waals surface area (Å²) in [6.07, 6.45) is 1.28. The topological polar surface area (TPSA) is 75.6 Å². The highest BCUT2D eigenvalue weighted by Crippen LogP contribution is 2.46. The van der Waals surface area contributed by atoms with Crippen molar-refractivity contribution in [1.82, 2.24) is 5.32 Å². The predicted molar refractivity (Wildman–Crippen MR) is 125 cm³/mol. The second kappa shape index (κ2) is 10.1. The summed E-state index contributed by atoms with van der Waals surface area (Å²) in [4.78, 5) is 25.0. The van der Waals surface area contributed by atoms with Crippen LogP contribution in [0.2, 0.25) is 0 Å². The lowest BCUT2D eigenvalue weighted by atomic mass is 9.81. The number of carbonyl (C=O) groups is 2. The Morgan fingerprint density at radius 2 is 1.88 bits per heavy atom. The Hall–Kier alpha value is -2.39. The van der Waals surface area contributed by atoms with Crippen molar-refractivity contribution in [1.29, 1.82) is 0 Å². The van der Waals surface area contributed by atoms with E-state index in [-0.39, 0.29) is 23.3 Å². The van der Waals surface area contributed by atoms with E-state index in [0.717, 1.165) is 12.1 Å². The van der Waals surface area contributed by atoms with Gasteiger partial charge < -0.3 is 15.2 Å². The van der Waals surface area contributed by atoms with E-state index < -0.39 is 35.1 Å². The molecule has 1 aliphatic heterocycles. The van der Waals surface area contributed by atoms with Gasteiger partial charge in [-0.25, -0.2) is 4.79 Å². The highest BCUT2D eigenvalue weighted by Gasteiger charge is 2.39. The lowest BCUT2D eigenvalue weighted by Crippen LogP contribution is -2.50. The third-order valence-corrected chi connectivity index (χ3v) is 7.59. The molecule has 0 saturated heterocycles. The maximum atomic E-state index is 13.2. The van der Waals surface area contributed by atoms with Crippen molar-refractivity contribution in [3.05, 3.63) is 69.3 Å². The molecule has 0 radical (unpaired) electrons. The van der Waals surface area contributed by atoms with E-state index in [4.69, 9.17) is 16.3 Å². The van der Waals surface area contributed by atoms with Crippen molar-refractivity contribution in [3.8, 4) is 0 Å². The molecule has 0 bridgehead atoms. The van der Waals surface area contributed by atoms with Crippen molar-refractivity contribution >= 4 is 35.2 Å². The number of ether oxygens (including phenoxy) is 1. The maximum absolute atomic E-state index is 13.2. The largest absolute Gasteiger partial charge is 0.491 e. The average Bonchev–Trinajstić information content (AvgIpc) is 3.15. The first-order valence-corrected chi connectivity index (χ1v) is 11.9. The number of hydrogen-bond acceptors (Lipinski definition) is 4. The van der Waals surface area contributed by atoms with Gasteiger partial charge in [0, 0.05) is 5.92 Å². The molecule has 0 saturated carbocycles. The standard InChI is InChI=1S/C24H25ClF3NO4S/c1-4-23(2,3)20(22(31)32)29-21(30)16-10-7-14-11-17(25)34-19(14)18(16)33-12-13-5-8-15(9-6-13)24(26,27)28/h5-11,14,19-20H,4,12H2,1-3H3,(H,29,30)(H,31,32)/t14?,19?,20-/m1/s1. The fourth-order valence-corrected chi connectivity index (χ4v) is 5.15. The minimum Gasteiger partial charge on any atom is -0.491 e. The Bertz CT molecular complexity index is 1050. The van der Waals surface area contributed by atoms with Gasteiger partial charge in [0.1, 0.15) is 18.4 Å². The number of nitrogens with one attached hydrogen (secondary N) is 1. The van der Waals surface area contributed by atoms with Gasteiger partial charge in [-0.05, 0) is 35.6 Å². The summed E-state index contributed by atoms with van der Waals surface area (Å²) in [6.45, 7) is 5.29. The van der Waals surface area contributed by atoms with E-state index in [0.29, 0.717) is 22.1 Å². The molecule has 3 atom stereocenters. The van der Waals surface area contributed by atoms with Crippen molar-refractivity contribution < 1.29 is 32.6 Å². The molecule has 1 heterocycles. The first kappa shape index (κ1) is 26.2. The molecule has 2 unspecified atom stereocenters. The minimum atomic E-state index is -4.44. The molecule has 0 aromatic heterocycles. The monoisotopic (exact) mass is 515 g/mol. The zero-order chi connectivity index (χ0) is 25.3. The zero-order valence-electron chi connectivity index (χ0n) is 18.8. The third-order valence-electron chi connectivity index (χ3n) is 6.06. The number of allylic oxidation sites excluding steroid dienone is 2. The second-order valence-electron chi connectivity index (χ2n) is 8.79. The molecule has 184 valence electrons. The summed E-state index contributed by atoms with van der Waals surface area (Å²) in [5.74, 6) is -1.57. The fraction of sp³-hybridized carbons (Fsp3) is 0.417. The van der Waals surface area contributed by atoms with Crippen LogP contribution in [0, 0.1) is 11.3 Å². The Balaban J connectivity index is 1.87. The molecule has 2 N–H and O–H groups in total. The molecular formula is C24H25ClF3NO4S. The van der Waals surface area contributed by atoms with Crippen LogP contribution in [0.5, 0.6) is 0 Å². The van der Waals surface area contributed by atoms with Crippen molar-refractivity contribution in [2.45, 2.75) is 51.3 Å². The van der Waals surface area contributed by atoms with Gasteiger partial charge in [0.05, 0.1) is 20.8 Å². The number of benzene rings is 1. The van der Waals surface area contributed by atoms with Crippen molar-refractivity contribution in [2.24, 2.45) is 11.3 Å². The van der Waals surface area contributed by atoms with Crippen LogP contribution in [-0.4, -0.2) is 28.3 Å². The first-order valence-electron chi connectivity index (χ1n) is 10.6. The number of halogens is 4. The molecular weight excluding hydrogens is 491 g/mol. The van der Waals surface area contributed by atoms with E-state index in [1.54, 1.807) is 26.0 Å². The summed E-state index contributed by atoms with van der Waals surface area (Å²) < 4.78 is 45.0. The van der Waals surface area contributed by atoms with Crippen LogP contribution in [0.15, 0.2) is 58.2 Å². The Morgan fingerprint density at radius 3 is 2.44 bits per heavy atom. The number of rotatable bonds is 8. The lowest BCUT2D eigenvalue weighted by molar-refractivity contribution is -0.144. The third kappa shape index (κ3) is 5.81. The number of thioether (sulfide) groups is 1. The van der Waals surface area contributed by atoms with Crippen LogP contribution in [-0.2, 0) is 27.1 Å². The molecule has 1 aromatic carbocycles. The van der Waals surface area contributed by atoms with Crippen LogP contribution in [0.4, 0.5) is 13.2 Å². The predicted octanol–water partition coefficient (Wildman–Crippen LogP) is 5.86. The molecule has 5 nitrogen and oxygen atoms in total. The van der Waals surface area contributed by atoms with E-state index in [9.17, 15) is 27.9 Å². The number of fused-ring (bicyclic) bond motifs is 1. The summed E-state index contributed by atoms with van der Waals surface area (Å²) in [5.41, 5.74) is -0.809. The molecule has 3 rings (SSSR count). The molecule has 2 aliphatic rings. The second-order valence-corrected chi connectivity index (χ2v) is 10.6. The molecule has 0 spiro atoms. The number of carbonyl (C=O) groups excluding carboxylic acids is 1. The average molecular weight is 516 g/mol. The number of carboxylic acids is 1. The molecule has 1 amide bonds. The van der Waals surface area contributed by atoms with Gasteiger partial charge in [0.2, 0.25) is 0 Å². The van der Waals surface area contributed by atoms with Crippen LogP contribution in [0.3, 0.4) is 0 Å². The minimum absolute atomic E-state index is 0.0672. The van der Waals surface area contributed by atoms with Gasteiger partial charge in [-0.3, -0.25) is 4.79 Å². The van der Waals surface area contributed by atoms with Crippen LogP contribution in [0.25, 0.3) is 0 Å². The van der Waals surface area contributed by atoms with E-state index in [1.807, 2.05) is 13.0 Å². The normalized spacial score (nSPS) is 21.1. The first-order chi connectivity index (χ1) is 15.8. The molecule has 10 heteroatoms. The summed E-state index contributed by atoms with van der Waals surface area (Å²) in [7, 11) is 0. The van der Waals surface area contributed by atoms with Gasteiger partial charge in [0.15, 0.2) is 0 Å². The van der Waals surface area contributed by atoms with Gasteiger partial charge in [0.25, 0.3) is 5.91 Å². The van der Waals surface area contributed by atoms with Crippen molar-refractivity contribution in [3.63, 3.8) is 0 Å². The van der Waals surface area contributed by atoms with Crippen LogP contribution < -0.4 is 5.32 Å². The molecule has 1 aromatic rings. The highest BCUT2D eigenvalue weighted by molar-refractivity contribution is 8.05. The van der Waals surface area contributed by atoms with Crippen LogP contribution >= 0.6 is 23.4 Å². The van der Waals surface area contributed by atoms with Gasteiger partial charge >= 0.3 is 12.1 Å². The number of alkyl halides is 3. The summed E-state index contributed by atoms with van der Waals surface area (Å²) in [6, 6.07) is 3.44. The zero-order valence-corrected chi connectivity index (χ0v) is 20.4. The number of amides is 1. The van der Waals surface area contributed by atoms with Gasteiger partial charge in [-0.15, -0.1) is 11.8 Å².